The molecule has 0 amide bonds. The fourth-order valence-electron chi connectivity index (χ4n) is 1.42. The van der Waals surface area contributed by atoms with Gasteiger partial charge in [0.1, 0.15) is 5.03 Å². The Morgan fingerprint density at radius 3 is 2.47 bits per heavy atom. The van der Waals surface area contributed by atoms with Crippen LogP contribution in [0.1, 0.15) is 5.69 Å². The molecule has 0 spiro atoms. The Labute approximate surface area is 109 Å². The van der Waals surface area contributed by atoms with Gasteiger partial charge in [0, 0.05) is 4.90 Å². The summed E-state index contributed by atoms with van der Waals surface area (Å²) in [6.07, 6.45) is 2.00. The van der Waals surface area contributed by atoms with Crippen molar-refractivity contribution in [1.82, 2.24) is 9.97 Å². The van der Waals surface area contributed by atoms with Gasteiger partial charge in [0.05, 0.1) is 10.6 Å². The molecule has 1 heterocycles. The van der Waals surface area contributed by atoms with Gasteiger partial charge in [-0.25, -0.2) is 9.97 Å². The minimum Gasteiger partial charge on any atom is -0.368 e. The smallest absolute Gasteiger partial charge is 0.221 e. The number of anilines is 1. The molecule has 0 radical (unpaired) electrons. The van der Waals surface area contributed by atoms with E-state index in [2.05, 4.69) is 22.1 Å². The van der Waals surface area contributed by atoms with Crippen molar-refractivity contribution in [2.75, 3.05) is 12.0 Å². The van der Waals surface area contributed by atoms with Gasteiger partial charge in [0.25, 0.3) is 0 Å². The van der Waals surface area contributed by atoms with Crippen LogP contribution in [0.15, 0.2) is 45.1 Å². The number of benzene rings is 1. The fraction of sp³-hybridized carbons (Fsp3) is 0.167. The predicted molar refractivity (Wildman–Crippen MR) is 73.5 cm³/mol. The largest absolute Gasteiger partial charge is 0.368 e. The predicted octanol–water partition coefficient (Wildman–Crippen LogP) is 3.24. The van der Waals surface area contributed by atoms with E-state index in [1.54, 1.807) is 23.5 Å². The van der Waals surface area contributed by atoms with Crippen LogP contribution in [-0.2, 0) is 0 Å². The number of rotatable bonds is 3. The number of nitrogens with two attached hydrogens (primary N) is 1. The number of hydrogen-bond donors (Lipinski definition) is 1. The zero-order chi connectivity index (χ0) is 12.3. The molecule has 88 valence electrons. The Balaban J connectivity index is 2.38. The summed E-state index contributed by atoms with van der Waals surface area (Å²) in [5.41, 5.74) is 6.58. The maximum atomic E-state index is 5.65. The lowest BCUT2D eigenvalue weighted by atomic mass is 10.4. The first-order valence-electron chi connectivity index (χ1n) is 5.11. The zero-order valence-corrected chi connectivity index (χ0v) is 11.3. The summed E-state index contributed by atoms with van der Waals surface area (Å²) in [5, 5.41) is 0.934. The molecule has 1 aromatic carbocycles. The van der Waals surface area contributed by atoms with Crippen LogP contribution in [-0.4, -0.2) is 16.2 Å². The number of thioether (sulfide) groups is 1. The van der Waals surface area contributed by atoms with E-state index in [1.165, 1.54) is 4.90 Å². The minimum absolute atomic E-state index is 0.337. The highest BCUT2D eigenvalue weighted by Crippen LogP contribution is 2.35. The Bertz CT molecular complexity index is 515. The summed E-state index contributed by atoms with van der Waals surface area (Å²) >= 11 is 3.26. The Morgan fingerprint density at radius 2 is 1.82 bits per heavy atom. The first-order chi connectivity index (χ1) is 8.20. The number of aromatic nitrogens is 2. The van der Waals surface area contributed by atoms with Crippen LogP contribution in [0.2, 0.25) is 0 Å². The zero-order valence-electron chi connectivity index (χ0n) is 9.68. The van der Waals surface area contributed by atoms with Crippen LogP contribution in [0, 0.1) is 6.92 Å². The quantitative estimate of drug-likeness (QED) is 0.680. The van der Waals surface area contributed by atoms with E-state index < -0.39 is 0 Å². The molecule has 0 aliphatic heterocycles. The van der Waals surface area contributed by atoms with Gasteiger partial charge in [-0.05, 0) is 25.3 Å². The van der Waals surface area contributed by atoms with E-state index in [4.69, 9.17) is 5.73 Å². The highest BCUT2D eigenvalue weighted by molar-refractivity contribution is 8.02. The lowest BCUT2D eigenvalue weighted by Gasteiger charge is -2.09. The molecule has 1 aromatic heterocycles. The molecule has 0 fully saturated rings. The molecule has 0 bridgehead atoms. The van der Waals surface area contributed by atoms with Gasteiger partial charge in [-0.15, -0.1) is 11.8 Å². The van der Waals surface area contributed by atoms with Gasteiger partial charge < -0.3 is 5.73 Å². The molecule has 2 aromatic rings. The van der Waals surface area contributed by atoms with Crippen LogP contribution in [0.25, 0.3) is 0 Å². The average Bonchev–Trinajstić information content (AvgIpc) is 2.33. The highest BCUT2D eigenvalue weighted by atomic mass is 32.2. The third-order valence-corrected chi connectivity index (χ3v) is 4.19. The van der Waals surface area contributed by atoms with Crippen molar-refractivity contribution >= 4 is 29.5 Å². The molecule has 17 heavy (non-hydrogen) atoms. The molecule has 0 aliphatic rings. The Hall–Kier alpha value is -1.20. The lowest BCUT2D eigenvalue weighted by molar-refractivity contribution is 0.932. The molecular weight excluding hydrogens is 250 g/mol. The molecule has 0 atom stereocenters. The molecule has 0 unspecified atom stereocenters. The average molecular weight is 263 g/mol. The molecule has 0 aliphatic carbocycles. The Kier molecular flexibility index (Phi) is 3.91. The van der Waals surface area contributed by atoms with Crippen LogP contribution in [0.3, 0.4) is 0 Å². The van der Waals surface area contributed by atoms with E-state index in [0.717, 1.165) is 15.6 Å². The highest BCUT2D eigenvalue weighted by Gasteiger charge is 2.11. The van der Waals surface area contributed by atoms with Crippen LogP contribution >= 0.6 is 23.5 Å². The minimum atomic E-state index is 0.337. The van der Waals surface area contributed by atoms with Gasteiger partial charge in [-0.3, -0.25) is 0 Å². The monoisotopic (exact) mass is 263 g/mol. The van der Waals surface area contributed by atoms with E-state index in [1.807, 2.05) is 31.4 Å². The van der Waals surface area contributed by atoms with Gasteiger partial charge >= 0.3 is 0 Å². The second-order valence-electron chi connectivity index (χ2n) is 3.42. The summed E-state index contributed by atoms with van der Waals surface area (Å²) in [5.74, 6) is 0.337. The second kappa shape index (κ2) is 5.42. The molecule has 3 nitrogen and oxygen atoms in total. The van der Waals surface area contributed by atoms with E-state index in [-0.39, 0.29) is 0 Å². The standard InChI is InChI=1S/C12H13N3S2/c1-8-10(11(16-2)15-12(13)14-8)17-9-6-4-3-5-7-9/h3-7H,1-2H3,(H2,13,14,15). The summed E-state index contributed by atoms with van der Waals surface area (Å²) in [7, 11) is 0. The van der Waals surface area contributed by atoms with Crippen molar-refractivity contribution < 1.29 is 0 Å². The lowest BCUT2D eigenvalue weighted by Crippen LogP contribution is -2.00. The van der Waals surface area contributed by atoms with Crippen molar-refractivity contribution in [2.45, 2.75) is 21.7 Å². The van der Waals surface area contributed by atoms with Gasteiger partial charge in [-0.1, -0.05) is 30.0 Å². The second-order valence-corrected chi connectivity index (χ2v) is 5.30. The fourth-order valence-corrected chi connectivity index (χ4v) is 3.17. The summed E-state index contributed by atoms with van der Waals surface area (Å²) in [6, 6.07) is 10.2. The molecular formula is C12H13N3S2. The maximum absolute atomic E-state index is 5.65. The third kappa shape index (κ3) is 2.92. The Morgan fingerprint density at radius 1 is 1.12 bits per heavy atom. The van der Waals surface area contributed by atoms with E-state index in [0.29, 0.717) is 5.95 Å². The van der Waals surface area contributed by atoms with E-state index in [9.17, 15) is 0 Å². The van der Waals surface area contributed by atoms with Crippen molar-refractivity contribution in [3.8, 4) is 0 Å². The number of nitrogen functional groups attached to an aromatic ring is 1. The van der Waals surface area contributed by atoms with Crippen LogP contribution < -0.4 is 5.73 Å². The first kappa shape index (κ1) is 12.3. The van der Waals surface area contributed by atoms with E-state index >= 15 is 0 Å². The maximum Gasteiger partial charge on any atom is 0.221 e. The van der Waals surface area contributed by atoms with Gasteiger partial charge in [0.15, 0.2) is 0 Å². The van der Waals surface area contributed by atoms with Crippen molar-refractivity contribution in [3.05, 3.63) is 36.0 Å². The molecule has 2 N–H and O–H groups in total. The number of hydrogen-bond acceptors (Lipinski definition) is 5. The summed E-state index contributed by atoms with van der Waals surface area (Å²) in [6.45, 7) is 1.96. The molecule has 0 saturated carbocycles. The van der Waals surface area contributed by atoms with Crippen LogP contribution in [0.4, 0.5) is 5.95 Å². The van der Waals surface area contributed by atoms with Gasteiger partial charge in [-0.2, -0.15) is 0 Å². The van der Waals surface area contributed by atoms with Gasteiger partial charge in [0.2, 0.25) is 5.95 Å². The summed E-state index contributed by atoms with van der Waals surface area (Å²) < 4.78 is 0. The number of aryl methyl sites for hydroxylation is 1. The van der Waals surface area contributed by atoms with Crippen LogP contribution in [0.5, 0.6) is 0 Å². The molecule has 2 rings (SSSR count). The third-order valence-electron chi connectivity index (χ3n) is 2.18. The molecule has 0 saturated heterocycles. The van der Waals surface area contributed by atoms with Crippen molar-refractivity contribution in [1.29, 1.82) is 0 Å². The summed E-state index contributed by atoms with van der Waals surface area (Å²) in [4.78, 5) is 10.7. The normalized spacial score (nSPS) is 10.5. The van der Waals surface area contributed by atoms with Crippen molar-refractivity contribution in [2.24, 2.45) is 0 Å². The molecule has 5 heteroatoms. The first-order valence-corrected chi connectivity index (χ1v) is 7.16. The van der Waals surface area contributed by atoms with Crippen molar-refractivity contribution in [3.63, 3.8) is 0 Å². The number of nitrogens with zero attached hydrogens (tertiary/aromatic N) is 2. The SMILES string of the molecule is CSc1nc(N)nc(C)c1Sc1ccccc1. The topological polar surface area (TPSA) is 51.8 Å².